The minimum Gasteiger partial charge on any atom is -0.486 e. The number of nitrogens with one attached hydrogen (secondary N) is 1. The molecule has 0 saturated heterocycles. The molecule has 5 nitrogen and oxygen atoms in total. The summed E-state index contributed by atoms with van der Waals surface area (Å²) in [5, 5.41) is 3.23. The highest BCUT2D eigenvalue weighted by atomic mass is 79.9. The molecule has 2 rings (SSSR count). The Kier molecular flexibility index (Phi) is 5.57. The summed E-state index contributed by atoms with van der Waals surface area (Å²) < 4.78 is 17.6. The van der Waals surface area contributed by atoms with Crippen LogP contribution in [0.2, 0.25) is 0 Å². The number of halogens is 1. The molecule has 0 spiro atoms. The van der Waals surface area contributed by atoms with Crippen molar-refractivity contribution in [2.45, 2.75) is 24.7 Å². The van der Waals surface area contributed by atoms with E-state index in [4.69, 9.17) is 14.2 Å². The molecule has 19 heavy (non-hydrogen) atoms. The highest BCUT2D eigenvalue weighted by Gasteiger charge is 2.43. The molecule has 3 atom stereocenters. The van der Waals surface area contributed by atoms with E-state index in [1.54, 1.807) is 19.5 Å². The van der Waals surface area contributed by atoms with Crippen LogP contribution in [0.4, 0.5) is 0 Å². The van der Waals surface area contributed by atoms with Crippen molar-refractivity contribution in [2.24, 2.45) is 0 Å². The largest absolute Gasteiger partial charge is 0.486 e. The molecule has 0 aromatic carbocycles. The van der Waals surface area contributed by atoms with E-state index in [2.05, 4.69) is 26.2 Å². The zero-order valence-corrected chi connectivity index (χ0v) is 12.7. The Morgan fingerprint density at radius 2 is 2.26 bits per heavy atom. The number of hydrogen-bond donors (Lipinski definition) is 1. The zero-order valence-electron chi connectivity index (χ0n) is 11.1. The topological polar surface area (TPSA) is 52.6 Å². The minimum atomic E-state index is 0.0548. The first-order chi connectivity index (χ1) is 9.24. The Hall–Kier alpha value is -0.690. The van der Waals surface area contributed by atoms with Gasteiger partial charge in [-0.2, -0.15) is 0 Å². The van der Waals surface area contributed by atoms with Crippen LogP contribution in [0.3, 0.4) is 0 Å². The molecule has 1 aromatic rings. The smallest absolute Gasteiger partial charge is 0.139 e. The standard InChI is InChI=1S/C13H19BrN2O3/c1-15-11-6-12(13(11)18-4-3-17-2)19-10-5-9(14)7-16-8-10/h5,7-8,11-13,15H,3-4,6H2,1-2H3. The van der Waals surface area contributed by atoms with Gasteiger partial charge in [0.15, 0.2) is 0 Å². The molecule has 0 radical (unpaired) electrons. The van der Waals surface area contributed by atoms with E-state index in [1.165, 1.54) is 0 Å². The van der Waals surface area contributed by atoms with Crippen LogP contribution in [0.25, 0.3) is 0 Å². The predicted molar refractivity (Wildman–Crippen MR) is 75.4 cm³/mol. The van der Waals surface area contributed by atoms with Crippen molar-refractivity contribution < 1.29 is 14.2 Å². The first-order valence-electron chi connectivity index (χ1n) is 6.29. The number of aromatic nitrogens is 1. The van der Waals surface area contributed by atoms with E-state index in [0.29, 0.717) is 19.3 Å². The van der Waals surface area contributed by atoms with Crippen molar-refractivity contribution in [3.05, 3.63) is 22.9 Å². The van der Waals surface area contributed by atoms with Crippen molar-refractivity contribution in [3.63, 3.8) is 0 Å². The van der Waals surface area contributed by atoms with Gasteiger partial charge in [0.1, 0.15) is 18.0 Å². The third-order valence-electron chi connectivity index (χ3n) is 3.19. The summed E-state index contributed by atoms with van der Waals surface area (Å²) in [6.45, 7) is 1.17. The lowest BCUT2D eigenvalue weighted by Crippen LogP contribution is -2.60. The van der Waals surface area contributed by atoms with Gasteiger partial charge in [-0.25, -0.2) is 0 Å². The molecule has 3 unspecified atom stereocenters. The van der Waals surface area contributed by atoms with Crippen LogP contribution in [-0.4, -0.2) is 50.6 Å². The number of likely N-dealkylation sites (N-methyl/N-ethyl adjacent to an activating group) is 1. The third kappa shape index (κ3) is 3.89. The van der Waals surface area contributed by atoms with E-state index in [1.807, 2.05) is 13.1 Å². The number of pyridine rings is 1. The Bertz CT molecular complexity index is 405. The van der Waals surface area contributed by atoms with Gasteiger partial charge in [0.05, 0.1) is 19.4 Å². The molecule has 0 amide bonds. The summed E-state index contributed by atoms with van der Waals surface area (Å²) >= 11 is 3.38. The summed E-state index contributed by atoms with van der Waals surface area (Å²) in [5.74, 6) is 0.759. The summed E-state index contributed by atoms with van der Waals surface area (Å²) in [4.78, 5) is 4.09. The fourth-order valence-corrected chi connectivity index (χ4v) is 2.45. The van der Waals surface area contributed by atoms with E-state index >= 15 is 0 Å². The molecular weight excluding hydrogens is 312 g/mol. The van der Waals surface area contributed by atoms with E-state index in [9.17, 15) is 0 Å². The molecule has 106 valence electrons. The SMILES string of the molecule is CNC1CC(Oc2cncc(Br)c2)C1OCCOC. The first-order valence-corrected chi connectivity index (χ1v) is 7.09. The molecule has 1 N–H and O–H groups in total. The normalized spacial score (nSPS) is 25.9. The Balaban J connectivity index is 1.88. The van der Waals surface area contributed by atoms with Gasteiger partial charge in [-0.1, -0.05) is 0 Å². The maximum atomic E-state index is 5.91. The molecule has 1 aliphatic rings. The summed E-state index contributed by atoms with van der Waals surface area (Å²) in [6, 6.07) is 2.24. The van der Waals surface area contributed by atoms with E-state index in [-0.39, 0.29) is 12.2 Å². The predicted octanol–water partition coefficient (Wildman–Crippen LogP) is 1.61. The summed E-state index contributed by atoms with van der Waals surface area (Å²) in [6.07, 6.45) is 4.49. The quantitative estimate of drug-likeness (QED) is 0.770. The van der Waals surface area contributed by atoms with Gasteiger partial charge in [-0.15, -0.1) is 0 Å². The highest BCUT2D eigenvalue weighted by Crippen LogP contribution is 2.29. The molecule has 0 bridgehead atoms. The molecule has 1 aromatic heterocycles. The van der Waals surface area contributed by atoms with E-state index < -0.39 is 0 Å². The van der Waals surface area contributed by atoms with Crippen LogP contribution in [0, 0.1) is 0 Å². The first kappa shape index (κ1) is 14.7. The average molecular weight is 331 g/mol. The lowest BCUT2D eigenvalue weighted by atomic mass is 9.85. The molecule has 6 heteroatoms. The summed E-state index contributed by atoms with van der Waals surface area (Å²) in [5.41, 5.74) is 0. The van der Waals surface area contributed by atoms with Crippen LogP contribution in [0.5, 0.6) is 5.75 Å². The molecule has 1 aliphatic carbocycles. The summed E-state index contributed by atoms with van der Waals surface area (Å²) in [7, 11) is 3.61. The third-order valence-corrected chi connectivity index (χ3v) is 3.62. The minimum absolute atomic E-state index is 0.0548. The van der Waals surface area contributed by atoms with Crippen molar-refractivity contribution in [1.82, 2.24) is 10.3 Å². The number of ether oxygens (including phenoxy) is 3. The van der Waals surface area contributed by atoms with Gasteiger partial charge in [-0.05, 0) is 29.0 Å². The Morgan fingerprint density at radius 1 is 1.42 bits per heavy atom. The van der Waals surface area contributed by atoms with Crippen LogP contribution >= 0.6 is 15.9 Å². The van der Waals surface area contributed by atoms with Gasteiger partial charge in [0.25, 0.3) is 0 Å². The molecule has 1 heterocycles. The Morgan fingerprint density at radius 3 is 2.95 bits per heavy atom. The molecular formula is C13H19BrN2O3. The number of nitrogens with zero attached hydrogens (tertiary/aromatic N) is 1. The van der Waals surface area contributed by atoms with Crippen molar-refractivity contribution in [1.29, 1.82) is 0 Å². The van der Waals surface area contributed by atoms with Gasteiger partial charge in [0, 0.05) is 30.2 Å². The van der Waals surface area contributed by atoms with Crippen LogP contribution in [0.1, 0.15) is 6.42 Å². The van der Waals surface area contributed by atoms with Crippen molar-refractivity contribution >= 4 is 15.9 Å². The van der Waals surface area contributed by atoms with E-state index in [0.717, 1.165) is 16.6 Å². The number of methoxy groups -OCH3 is 1. The van der Waals surface area contributed by atoms with Gasteiger partial charge < -0.3 is 19.5 Å². The lowest BCUT2D eigenvalue weighted by Gasteiger charge is -2.43. The second kappa shape index (κ2) is 7.19. The van der Waals surface area contributed by atoms with Crippen LogP contribution < -0.4 is 10.1 Å². The maximum Gasteiger partial charge on any atom is 0.139 e. The molecule has 0 aliphatic heterocycles. The second-order valence-electron chi connectivity index (χ2n) is 4.45. The van der Waals surface area contributed by atoms with Crippen LogP contribution in [-0.2, 0) is 9.47 Å². The monoisotopic (exact) mass is 330 g/mol. The average Bonchev–Trinajstić information content (AvgIpc) is 2.39. The van der Waals surface area contributed by atoms with Gasteiger partial charge in [0.2, 0.25) is 0 Å². The van der Waals surface area contributed by atoms with Gasteiger partial charge >= 0.3 is 0 Å². The molecule has 1 fully saturated rings. The number of hydrogen-bond acceptors (Lipinski definition) is 5. The second-order valence-corrected chi connectivity index (χ2v) is 5.37. The fraction of sp³-hybridized carbons (Fsp3) is 0.615. The fourth-order valence-electron chi connectivity index (χ4n) is 2.10. The van der Waals surface area contributed by atoms with Crippen LogP contribution in [0.15, 0.2) is 22.9 Å². The highest BCUT2D eigenvalue weighted by molar-refractivity contribution is 9.10. The number of rotatable bonds is 7. The maximum absolute atomic E-state index is 5.91. The zero-order chi connectivity index (χ0) is 13.7. The lowest BCUT2D eigenvalue weighted by molar-refractivity contribution is -0.114. The van der Waals surface area contributed by atoms with Gasteiger partial charge in [-0.3, -0.25) is 4.98 Å². The van der Waals surface area contributed by atoms with Crippen molar-refractivity contribution in [2.75, 3.05) is 27.4 Å². The Labute approximate surface area is 121 Å². The van der Waals surface area contributed by atoms with Crippen molar-refractivity contribution in [3.8, 4) is 5.75 Å². The molecule has 1 saturated carbocycles.